The van der Waals surface area contributed by atoms with Crippen molar-refractivity contribution in [3.8, 4) is 0 Å². The molecule has 20 heavy (non-hydrogen) atoms. The number of nitrogens with one attached hydrogen (secondary N) is 2. The fourth-order valence-corrected chi connectivity index (χ4v) is 2.20. The number of hydrogen-bond acceptors (Lipinski definition) is 3. The topological polar surface area (TPSA) is 78.4 Å². The van der Waals surface area contributed by atoms with Gasteiger partial charge in [0, 0.05) is 18.7 Å². The largest absolute Gasteiger partial charge is 0.480 e. The summed E-state index contributed by atoms with van der Waals surface area (Å²) < 4.78 is 12.9. The van der Waals surface area contributed by atoms with E-state index in [1.165, 1.54) is 18.2 Å². The molecule has 0 aliphatic heterocycles. The van der Waals surface area contributed by atoms with Crippen LogP contribution < -0.4 is 10.6 Å². The Balaban J connectivity index is 1.77. The first-order valence-corrected chi connectivity index (χ1v) is 6.56. The van der Waals surface area contributed by atoms with E-state index in [2.05, 4.69) is 10.6 Å². The van der Waals surface area contributed by atoms with E-state index in [0.717, 1.165) is 6.42 Å². The third-order valence-corrected chi connectivity index (χ3v) is 3.54. The van der Waals surface area contributed by atoms with E-state index >= 15 is 0 Å². The van der Waals surface area contributed by atoms with Gasteiger partial charge in [0.1, 0.15) is 11.4 Å². The molecule has 1 fully saturated rings. The molecule has 3 N–H and O–H groups in total. The summed E-state index contributed by atoms with van der Waals surface area (Å²) in [7, 11) is 0. The van der Waals surface area contributed by atoms with Crippen LogP contribution in [0.5, 0.6) is 0 Å². The van der Waals surface area contributed by atoms with Crippen molar-refractivity contribution in [1.82, 2.24) is 5.32 Å². The molecule has 0 unspecified atom stereocenters. The number of anilines is 1. The molecule has 0 aromatic heterocycles. The zero-order valence-electron chi connectivity index (χ0n) is 11.0. The van der Waals surface area contributed by atoms with Crippen LogP contribution in [-0.2, 0) is 9.59 Å². The van der Waals surface area contributed by atoms with E-state index in [-0.39, 0.29) is 18.9 Å². The maximum Gasteiger partial charge on any atom is 0.323 e. The highest BCUT2D eigenvalue weighted by Gasteiger charge is 2.43. The van der Waals surface area contributed by atoms with Gasteiger partial charge in [-0.15, -0.1) is 0 Å². The minimum atomic E-state index is -0.866. The monoisotopic (exact) mass is 280 g/mol. The van der Waals surface area contributed by atoms with E-state index in [1.54, 1.807) is 6.07 Å². The molecule has 1 aromatic rings. The fraction of sp³-hybridized carbons (Fsp3) is 0.429. The lowest BCUT2D eigenvalue weighted by Crippen LogP contribution is -2.57. The van der Waals surface area contributed by atoms with Gasteiger partial charge in [-0.05, 0) is 37.5 Å². The van der Waals surface area contributed by atoms with E-state index in [0.29, 0.717) is 18.5 Å². The van der Waals surface area contributed by atoms with Crippen LogP contribution in [0.3, 0.4) is 0 Å². The SMILES string of the molecule is O=C(CCNC1(C(=O)O)CCC1)Nc1cccc(F)c1. The zero-order chi connectivity index (χ0) is 14.6. The van der Waals surface area contributed by atoms with Crippen LogP contribution in [0.2, 0.25) is 0 Å². The zero-order valence-corrected chi connectivity index (χ0v) is 11.0. The van der Waals surface area contributed by atoms with Crippen molar-refractivity contribution in [1.29, 1.82) is 0 Å². The summed E-state index contributed by atoms with van der Waals surface area (Å²) >= 11 is 0. The summed E-state index contributed by atoms with van der Waals surface area (Å²) in [4.78, 5) is 22.8. The van der Waals surface area contributed by atoms with Crippen LogP contribution >= 0.6 is 0 Å². The fourth-order valence-electron chi connectivity index (χ4n) is 2.20. The number of rotatable bonds is 6. The number of benzene rings is 1. The Labute approximate surface area is 116 Å². The molecular weight excluding hydrogens is 263 g/mol. The second kappa shape index (κ2) is 6.00. The maximum atomic E-state index is 12.9. The minimum Gasteiger partial charge on any atom is -0.480 e. The molecule has 0 bridgehead atoms. The molecule has 0 radical (unpaired) electrons. The van der Waals surface area contributed by atoms with E-state index in [1.807, 2.05) is 0 Å². The average Bonchev–Trinajstić information content (AvgIpc) is 2.32. The van der Waals surface area contributed by atoms with Crippen LogP contribution in [0, 0.1) is 5.82 Å². The molecule has 0 spiro atoms. The molecular formula is C14H17FN2O3. The van der Waals surface area contributed by atoms with Crippen molar-refractivity contribution < 1.29 is 19.1 Å². The van der Waals surface area contributed by atoms with E-state index in [9.17, 15) is 14.0 Å². The lowest BCUT2D eigenvalue weighted by molar-refractivity contribution is -0.149. The Morgan fingerprint density at radius 1 is 1.35 bits per heavy atom. The highest BCUT2D eigenvalue weighted by Crippen LogP contribution is 2.31. The molecule has 1 aliphatic rings. The van der Waals surface area contributed by atoms with Gasteiger partial charge in [-0.3, -0.25) is 9.59 Å². The van der Waals surface area contributed by atoms with Crippen molar-refractivity contribution in [2.24, 2.45) is 0 Å². The van der Waals surface area contributed by atoms with Crippen LogP contribution in [0.4, 0.5) is 10.1 Å². The van der Waals surface area contributed by atoms with Crippen molar-refractivity contribution in [2.75, 3.05) is 11.9 Å². The molecule has 1 aliphatic carbocycles. The van der Waals surface area contributed by atoms with Gasteiger partial charge in [0.15, 0.2) is 0 Å². The normalized spacial score (nSPS) is 16.2. The molecule has 108 valence electrons. The lowest BCUT2D eigenvalue weighted by Gasteiger charge is -2.38. The number of carboxylic acids is 1. The number of hydrogen-bond donors (Lipinski definition) is 3. The first kappa shape index (κ1) is 14.5. The van der Waals surface area contributed by atoms with Crippen LogP contribution in [0.1, 0.15) is 25.7 Å². The standard InChI is InChI=1S/C14H17FN2O3/c15-10-3-1-4-11(9-10)17-12(18)5-8-16-14(13(19)20)6-2-7-14/h1,3-4,9,16H,2,5-8H2,(H,17,18)(H,19,20). The van der Waals surface area contributed by atoms with E-state index < -0.39 is 17.3 Å². The summed E-state index contributed by atoms with van der Waals surface area (Å²) in [5.74, 6) is -1.56. The quantitative estimate of drug-likeness (QED) is 0.742. The van der Waals surface area contributed by atoms with Crippen molar-refractivity contribution in [2.45, 2.75) is 31.2 Å². The van der Waals surface area contributed by atoms with E-state index in [4.69, 9.17) is 5.11 Å². The molecule has 1 aromatic carbocycles. The Bertz CT molecular complexity index is 515. The van der Waals surface area contributed by atoms with Crippen molar-refractivity contribution in [3.05, 3.63) is 30.1 Å². The summed E-state index contributed by atoms with van der Waals surface area (Å²) in [6.45, 7) is 0.285. The number of carboxylic acid groups (broad SMARTS) is 1. The van der Waals surface area contributed by atoms with Crippen LogP contribution in [-0.4, -0.2) is 29.1 Å². The first-order chi connectivity index (χ1) is 9.52. The molecule has 0 saturated heterocycles. The van der Waals surface area contributed by atoms with Gasteiger partial charge in [-0.25, -0.2) is 4.39 Å². The summed E-state index contributed by atoms with van der Waals surface area (Å²) in [6.07, 6.45) is 2.21. The predicted molar refractivity (Wildman–Crippen MR) is 71.9 cm³/mol. The Morgan fingerprint density at radius 2 is 2.10 bits per heavy atom. The van der Waals surface area contributed by atoms with Gasteiger partial charge in [0.2, 0.25) is 5.91 Å². The number of aliphatic carboxylic acids is 1. The molecule has 1 amide bonds. The second-order valence-corrected chi connectivity index (χ2v) is 4.98. The van der Waals surface area contributed by atoms with Crippen LogP contribution in [0.25, 0.3) is 0 Å². The molecule has 1 saturated carbocycles. The Morgan fingerprint density at radius 3 is 2.65 bits per heavy atom. The van der Waals surface area contributed by atoms with Crippen LogP contribution in [0.15, 0.2) is 24.3 Å². The summed E-state index contributed by atoms with van der Waals surface area (Å²) in [6, 6.07) is 5.64. The first-order valence-electron chi connectivity index (χ1n) is 6.56. The number of halogens is 1. The molecule has 5 nitrogen and oxygen atoms in total. The summed E-state index contributed by atoms with van der Waals surface area (Å²) in [5.41, 5.74) is -0.467. The van der Waals surface area contributed by atoms with Gasteiger partial charge in [0.05, 0.1) is 0 Å². The minimum absolute atomic E-state index is 0.144. The van der Waals surface area contributed by atoms with Crippen molar-refractivity contribution >= 4 is 17.6 Å². The van der Waals surface area contributed by atoms with Gasteiger partial charge in [-0.2, -0.15) is 0 Å². The van der Waals surface area contributed by atoms with Crippen molar-refractivity contribution in [3.63, 3.8) is 0 Å². The Hall–Kier alpha value is -1.95. The Kier molecular flexibility index (Phi) is 4.34. The second-order valence-electron chi connectivity index (χ2n) is 4.98. The number of amides is 1. The third-order valence-electron chi connectivity index (χ3n) is 3.54. The molecule has 0 heterocycles. The lowest BCUT2D eigenvalue weighted by atomic mass is 9.77. The van der Waals surface area contributed by atoms with Gasteiger partial charge in [0.25, 0.3) is 0 Å². The molecule has 0 atom stereocenters. The maximum absolute atomic E-state index is 12.9. The van der Waals surface area contributed by atoms with Gasteiger partial charge >= 0.3 is 5.97 Å². The number of carbonyl (C=O) groups excluding carboxylic acids is 1. The third kappa shape index (κ3) is 3.33. The van der Waals surface area contributed by atoms with Gasteiger partial charge < -0.3 is 15.7 Å². The predicted octanol–water partition coefficient (Wildman–Crippen LogP) is 1.75. The van der Waals surface area contributed by atoms with Gasteiger partial charge in [-0.1, -0.05) is 6.07 Å². The highest BCUT2D eigenvalue weighted by atomic mass is 19.1. The average molecular weight is 280 g/mol. The number of carbonyl (C=O) groups is 2. The smallest absolute Gasteiger partial charge is 0.323 e. The molecule has 2 rings (SSSR count). The molecule has 6 heteroatoms. The summed E-state index contributed by atoms with van der Waals surface area (Å²) in [5, 5.41) is 14.6. The highest BCUT2D eigenvalue weighted by molar-refractivity contribution is 5.90.